The fourth-order valence-electron chi connectivity index (χ4n) is 3.46. The molecule has 0 atom stereocenters. The average Bonchev–Trinajstić information content (AvgIpc) is 3.29. The molecule has 3 aromatic rings. The number of aryl methyl sites for hydroxylation is 2. The van der Waals surface area contributed by atoms with Crippen LogP contribution in [0.4, 0.5) is 5.13 Å². The molecule has 164 valence electrons. The van der Waals surface area contributed by atoms with Crippen LogP contribution in [0.25, 0.3) is 10.2 Å². The number of amides is 1. The number of halogens is 1. The minimum Gasteiger partial charge on any atom is -0.302 e. The number of carbonyl (C=O) groups excluding carboxylic acids is 1. The van der Waals surface area contributed by atoms with Crippen molar-refractivity contribution in [1.82, 2.24) is 19.7 Å². The number of likely N-dealkylation sites (N-methyl/N-ethyl adjacent to an activating group) is 1. The van der Waals surface area contributed by atoms with Crippen molar-refractivity contribution in [3.8, 4) is 0 Å². The quantitative estimate of drug-likeness (QED) is 0.480. The Labute approximate surface area is 189 Å². The van der Waals surface area contributed by atoms with Gasteiger partial charge in [-0.25, -0.2) is 4.98 Å². The second kappa shape index (κ2) is 10.4. The summed E-state index contributed by atoms with van der Waals surface area (Å²) < 4.78 is 2.93. The standard InChI is InChI=1S/C22H31N5OS.ClH/c1-7-25(8-2)12-13-26(21(28)18-14-17(6)24-27(18)15(3)4)22-23-20-16(5)10-9-11-19(20)29-22;/h9-11,14-15H,7-8,12-13H2,1-6H3;1H. The van der Waals surface area contributed by atoms with E-state index in [0.717, 1.165) is 46.2 Å². The highest BCUT2D eigenvalue weighted by molar-refractivity contribution is 7.22. The summed E-state index contributed by atoms with van der Waals surface area (Å²) in [4.78, 5) is 22.6. The van der Waals surface area contributed by atoms with Gasteiger partial charge in [-0.05, 0) is 58.5 Å². The number of hydrogen-bond acceptors (Lipinski definition) is 5. The van der Waals surface area contributed by atoms with Crippen LogP contribution in [-0.4, -0.2) is 51.8 Å². The molecule has 1 aromatic carbocycles. The average molecular weight is 450 g/mol. The Bertz CT molecular complexity index is 993. The normalized spacial score (nSPS) is 11.3. The predicted molar refractivity (Wildman–Crippen MR) is 128 cm³/mol. The van der Waals surface area contributed by atoms with E-state index in [1.807, 2.05) is 42.5 Å². The van der Waals surface area contributed by atoms with E-state index in [1.165, 1.54) is 0 Å². The van der Waals surface area contributed by atoms with E-state index < -0.39 is 0 Å². The van der Waals surface area contributed by atoms with Crippen molar-refractivity contribution in [2.45, 2.75) is 47.6 Å². The van der Waals surface area contributed by atoms with Gasteiger partial charge in [-0.1, -0.05) is 37.3 Å². The number of thiazole rings is 1. The molecule has 0 aliphatic carbocycles. The summed E-state index contributed by atoms with van der Waals surface area (Å²) in [7, 11) is 0. The smallest absolute Gasteiger partial charge is 0.278 e. The molecule has 3 rings (SSSR count). The molecule has 0 bridgehead atoms. The van der Waals surface area contributed by atoms with E-state index in [4.69, 9.17) is 4.98 Å². The lowest BCUT2D eigenvalue weighted by Gasteiger charge is -2.25. The molecule has 8 heteroatoms. The minimum atomic E-state index is -0.0387. The summed E-state index contributed by atoms with van der Waals surface area (Å²) in [6, 6.07) is 8.17. The Hall–Kier alpha value is -1.96. The molecule has 0 unspecified atom stereocenters. The highest BCUT2D eigenvalue weighted by Crippen LogP contribution is 2.31. The molecule has 0 radical (unpaired) electrons. The van der Waals surface area contributed by atoms with Gasteiger partial charge >= 0.3 is 0 Å². The minimum absolute atomic E-state index is 0. The Morgan fingerprint density at radius 1 is 1.17 bits per heavy atom. The van der Waals surface area contributed by atoms with Crippen molar-refractivity contribution in [3.63, 3.8) is 0 Å². The molecule has 6 nitrogen and oxygen atoms in total. The van der Waals surface area contributed by atoms with Crippen molar-refractivity contribution in [1.29, 1.82) is 0 Å². The lowest BCUT2D eigenvalue weighted by Crippen LogP contribution is -2.39. The first kappa shape index (κ1) is 24.3. The Balaban J connectivity index is 0.00000320. The molecule has 30 heavy (non-hydrogen) atoms. The van der Waals surface area contributed by atoms with Gasteiger partial charge in [0.25, 0.3) is 5.91 Å². The number of hydrogen-bond donors (Lipinski definition) is 0. The first-order valence-corrected chi connectivity index (χ1v) is 11.1. The van der Waals surface area contributed by atoms with E-state index >= 15 is 0 Å². The van der Waals surface area contributed by atoms with Crippen LogP contribution in [0.2, 0.25) is 0 Å². The summed E-state index contributed by atoms with van der Waals surface area (Å²) in [5.41, 5.74) is 3.57. The van der Waals surface area contributed by atoms with Crippen LogP contribution >= 0.6 is 23.7 Å². The van der Waals surface area contributed by atoms with Crippen molar-refractivity contribution in [3.05, 3.63) is 41.2 Å². The topological polar surface area (TPSA) is 54.3 Å². The predicted octanol–water partition coefficient (Wildman–Crippen LogP) is 5.10. The van der Waals surface area contributed by atoms with Crippen LogP contribution in [0.15, 0.2) is 24.3 Å². The summed E-state index contributed by atoms with van der Waals surface area (Å²) in [5.74, 6) is -0.0387. The van der Waals surface area contributed by atoms with Gasteiger partial charge < -0.3 is 4.90 Å². The van der Waals surface area contributed by atoms with Gasteiger partial charge in [-0.2, -0.15) is 5.10 Å². The summed E-state index contributed by atoms with van der Waals surface area (Å²) >= 11 is 1.58. The van der Waals surface area contributed by atoms with E-state index in [2.05, 4.69) is 42.9 Å². The number of nitrogens with zero attached hydrogens (tertiary/aromatic N) is 5. The molecule has 0 saturated carbocycles. The lowest BCUT2D eigenvalue weighted by molar-refractivity contribution is 0.0971. The Morgan fingerprint density at radius 3 is 2.47 bits per heavy atom. The molecule has 1 amide bonds. The van der Waals surface area contributed by atoms with Gasteiger partial charge in [0.15, 0.2) is 5.13 Å². The van der Waals surface area contributed by atoms with Crippen LogP contribution < -0.4 is 4.90 Å². The highest BCUT2D eigenvalue weighted by atomic mass is 35.5. The number of fused-ring (bicyclic) bond motifs is 1. The lowest BCUT2D eigenvalue weighted by atomic mass is 10.2. The zero-order valence-corrected chi connectivity index (χ0v) is 20.3. The Kier molecular flexibility index (Phi) is 8.41. The zero-order chi connectivity index (χ0) is 21.1. The molecule has 0 spiro atoms. The maximum atomic E-state index is 13.6. The van der Waals surface area contributed by atoms with Crippen molar-refractivity contribution >= 4 is 45.0 Å². The van der Waals surface area contributed by atoms with Crippen molar-refractivity contribution in [2.24, 2.45) is 0 Å². The molecule has 0 aliphatic heterocycles. The summed E-state index contributed by atoms with van der Waals surface area (Å²) in [5, 5.41) is 5.28. The highest BCUT2D eigenvalue weighted by Gasteiger charge is 2.26. The molecule has 0 N–H and O–H groups in total. The molecular weight excluding hydrogens is 418 g/mol. The second-order valence-corrected chi connectivity index (χ2v) is 8.62. The third kappa shape index (κ3) is 5.02. The largest absolute Gasteiger partial charge is 0.302 e. The molecule has 2 aromatic heterocycles. The van der Waals surface area contributed by atoms with E-state index in [1.54, 1.807) is 11.3 Å². The van der Waals surface area contributed by atoms with Gasteiger partial charge in [0.05, 0.1) is 15.9 Å². The van der Waals surface area contributed by atoms with Crippen molar-refractivity contribution in [2.75, 3.05) is 31.1 Å². The Morgan fingerprint density at radius 2 is 1.87 bits per heavy atom. The third-order valence-corrected chi connectivity index (χ3v) is 6.23. The zero-order valence-electron chi connectivity index (χ0n) is 18.7. The van der Waals surface area contributed by atoms with Crippen molar-refractivity contribution < 1.29 is 4.79 Å². The first-order chi connectivity index (χ1) is 13.8. The fourth-order valence-corrected chi connectivity index (χ4v) is 4.53. The summed E-state index contributed by atoms with van der Waals surface area (Å²) in [6.45, 7) is 15.7. The summed E-state index contributed by atoms with van der Waals surface area (Å²) in [6.07, 6.45) is 0. The molecule has 0 fully saturated rings. The molecule has 0 aliphatic rings. The van der Waals surface area contributed by atoms with E-state index in [9.17, 15) is 4.79 Å². The number of rotatable bonds is 8. The van der Waals surface area contributed by atoms with Crippen LogP contribution in [0, 0.1) is 13.8 Å². The van der Waals surface area contributed by atoms with Gasteiger partial charge in [0.2, 0.25) is 0 Å². The van der Waals surface area contributed by atoms with E-state index in [0.29, 0.717) is 12.2 Å². The van der Waals surface area contributed by atoms with Gasteiger partial charge in [0.1, 0.15) is 5.69 Å². The number of benzene rings is 1. The number of carbonyl (C=O) groups is 1. The maximum absolute atomic E-state index is 13.6. The van der Waals surface area contributed by atoms with Crippen LogP contribution in [0.5, 0.6) is 0 Å². The van der Waals surface area contributed by atoms with Crippen LogP contribution in [-0.2, 0) is 0 Å². The number of anilines is 1. The van der Waals surface area contributed by atoms with Crippen LogP contribution in [0.1, 0.15) is 55.5 Å². The van der Waals surface area contributed by atoms with Gasteiger partial charge in [-0.15, -0.1) is 12.4 Å². The third-order valence-electron chi connectivity index (χ3n) is 5.19. The monoisotopic (exact) mass is 449 g/mol. The van der Waals surface area contributed by atoms with Gasteiger partial charge in [-0.3, -0.25) is 14.4 Å². The molecule has 2 heterocycles. The van der Waals surface area contributed by atoms with Crippen LogP contribution in [0.3, 0.4) is 0 Å². The van der Waals surface area contributed by atoms with Gasteiger partial charge in [0, 0.05) is 19.1 Å². The number of para-hydroxylation sites is 1. The second-order valence-electron chi connectivity index (χ2n) is 7.61. The fraction of sp³-hybridized carbons (Fsp3) is 0.500. The SMILES string of the molecule is CCN(CC)CCN(C(=O)c1cc(C)nn1C(C)C)c1nc2c(C)cccc2s1.Cl. The molecule has 0 saturated heterocycles. The first-order valence-electron chi connectivity index (χ1n) is 10.3. The maximum Gasteiger partial charge on any atom is 0.278 e. The molecular formula is C22H32ClN5OS. The van der Waals surface area contributed by atoms with E-state index in [-0.39, 0.29) is 24.4 Å². The number of aromatic nitrogens is 3.